The first-order valence-electron chi connectivity index (χ1n) is 16.4. The van der Waals surface area contributed by atoms with Gasteiger partial charge in [-0.05, 0) is 65.6 Å². The number of pyridine rings is 1. The highest BCUT2D eigenvalue weighted by Gasteiger charge is 2.33. The van der Waals surface area contributed by atoms with Gasteiger partial charge in [-0.15, -0.1) is 0 Å². The van der Waals surface area contributed by atoms with Crippen LogP contribution in [0.15, 0.2) is 94.4 Å². The normalized spacial score (nSPS) is 15.1. The number of amides is 2. The molecule has 0 spiro atoms. The SMILES string of the molecule is Nc1nc2cc(-c3ccc4ncc(C(=O)N5CCCN(C(=O)c6cc(Cc7n[nH]c(=O)c8ccccc78)ccc6F)C(CO)C5)n4c3)ccc2o1. The van der Waals surface area contributed by atoms with Crippen LogP contribution in [0.1, 0.15) is 38.5 Å². The number of hydrogen-bond acceptors (Lipinski definition) is 9. The van der Waals surface area contributed by atoms with E-state index in [4.69, 9.17) is 10.2 Å². The van der Waals surface area contributed by atoms with Crippen LogP contribution >= 0.6 is 0 Å². The lowest BCUT2D eigenvalue weighted by atomic mass is 10.0. The first-order chi connectivity index (χ1) is 24.8. The number of nitrogens with two attached hydrogens (primary N) is 1. The van der Waals surface area contributed by atoms with Crippen LogP contribution in [0.25, 0.3) is 38.6 Å². The molecule has 5 heterocycles. The average Bonchev–Trinajstić information content (AvgIpc) is 3.67. The molecule has 13 nitrogen and oxygen atoms in total. The van der Waals surface area contributed by atoms with E-state index < -0.39 is 24.4 Å². The summed E-state index contributed by atoms with van der Waals surface area (Å²) in [7, 11) is 0. The van der Waals surface area contributed by atoms with Crippen LogP contribution in [0.5, 0.6) is 0 Å². The van der Waals surface area contributed by atoms with Crippen molar-refractivity contribution >= 4 is 45.3 Å². The van der Waals surface area contributed by atoms with E-state index in [1.807, 2.05) is 30.5 Å². The number of aromatic nitrogens is 5. The van der Waals surface area contributed by atoms with Gasteiger partial charge in [-0.1, -0.05) is 30.3 Å². The molecule has 1 aliphatic rings. The number of nitrogens with one attached hydrogen (secondary N) is 1. The number of carbonyl (C=O) groups is 2. The molecule has 2 amide bonds. The van der Waals surface area contributed by atoms with Crippen LogP contribution in [-0.4, -0.2) is 83.6 Å². The topological polar surface area (TPSA) is 176 Å². The maximum Gasteiger partial charge on any atom is 0.292 e. The first kappa shape index (κ1) is 31.8. The van der Waals surface area contributed by atoms with Gasteiger partial charge in [0.05, 0.1) is 35.5 Å². The average molecular weight is 687 g/mol. The number of oxazole rings is 1. The molecule has 14 heteroatoms. The zero-order chi connectivity index (χ0) is 35.2. The molecule has 4 N–H and O–H groups in total. The van der Waals surface area contributed by atoms with E-state index in [1.165, 1.54) is 23.2 Å². The lowest BCUT2D eigenvalue weighted by molar-refractivity contribution is 0.0540. The van der Waals surface area contributed by atoms with Crippen molar-refractivity contribution < 1.29 is 23.5 Å². The van der Waals surface area contributed by atoms with E-state index in [-0.39, 0.29) is 42.6 Å². The van der Waals surface area contributed by atoms with Gasteiger partial charge in [-0.3, -0.25) is 18.8 Å². The molecule has 3 aromatic carbocycles. The number of imidazole rings is 1. The summed E-state index contributed by atoms with van der Waals surface area (Å²) in [5.74, 6) is -1.61. The highest BCUT2D eigenvalue weighted by Crippen LogP contribution is 2.27. The van der Waals surface area contributed by atoms with Gasteiger partial charge in [-0.25, -0.2) is 14.5 Å². The molecule has 1 unspecified atom stereocenters. The number of carbonyl (C=O) groups excluding carboxylic acids is 2. The van der Waals surface area contributed by atoms with Gasteiger partial charge in [0.25, 0.3) is 23.4 Å². The van der Waals surface area contributed by atoms with Crippen molar-refractivity contribution in [2.75, 3.05) is 32.0 Å². The third kappa shape index (κ3) is 5.84. The number of halogens is 1. The van der Waals surface area contributed by atoms with Crippen molar-refractivity contribution in [3.8, 4) is 11.1 Å². The predicted molar refractivity (Wildman–Crippen MR) is 187 cm³/mol. The van der Waals surface area contributed by atoms with Crippen LogP contribution in [0.3, 0.4) is 0 Å². The van der Waals surface area contributed by atoms with Crippen molar-refractivity contribution in [3.63, 3.8) is 0 Å². The number of fused-ring (bicyclic) bond motifs is 3. The minimum atomic E-state index is -0.784. The van der Waals surface area contributed by atoms with Gasteiger partial charge in [0.1, 0.15) is 22.7 Å². The summed E-state index contributed by atoms with van der Waals surface area (Å²) in [4.78, 5) is 51.8. The summed E-state index contributed by atoms with van der Waals surface area (Å²) < 4.78 is 22.4. The Bertz CT molecular complexity index is 2540. The molecule has 4 aromatic heterocycles. The Hall–Kier alpha value is -6.41. The number of aromatic amines is 1. The van der Waals surface area contributed by atoms with Crippen LogP contribution in [0, 0.1) is 5.82 Å². The number of benzene rings is 3. The maximum absolute atomic E-state index is 15.3. The van der Waals surface area contributed by atoms with Gasteiger partial charge in [0, 0.05) is 37.6 Å². The Balaban J connectivity index is 1.03. The second-order valence-electron chi connectivity index (χ2n) is 12.5. The largest absolute Gasteiger partial charge is 0.424 e. The van der Waals surface area contributed by atoms with Gasteiger partial charge in [-0.2, -0.15) is 10.1 Å². The fourth-order valence-corrected chi connectivity index (χ4v) is 6.76. The van der Waals surface area contributed by atoms with E-state index in [0.717, 1.165) is 11.1 Å². The molecule has 1 saturated heterocycles. The molecule has 0 radical (unpaired) electrons. The van der Waals surface area contributed by atoms with E-state index in [0.29, 0.717) is 57.4 Å². The van der Waals surface area contributed by atoms with Gasteiger partial charge < -0.3 is 25.1 Å². The summed E-state index contributed by atoms with van der Waals surface area (Å²) in [5, 5.41) is 18.3. The molecule has 1 fully saturated rings. The van der Waals surface area contributed by atoms with E-state index >= 15 is 4.39 Å². The molecule has 1 atom stereocenters. The Morgan fingerprint density at radius 2 is 1.82 bits per heavy atom. The third-order valence-electron chi connectivity index (χ3n) is 9.33. The monoisotopic (exact) mass is 686 g/mol. The summed E-state index contributed by atoms with van der Waals surface area (Å²) in [5.41, 5.74) is 10.2. The zero-order valence-electron chi connectivity index (χ0n) is 27.1. The molecular weight excluding hydrogens is 655 g/mol. The van der Waals surface area contributed by atoms with Crippen LogP contribution in [-0.2, 0) is 6.42 Å². The minimum Gasteiger partial charge on any atom is -0.424 e. The van der Waals surface area contributed by atoms with E-state index in [9.17, 15) is 19.5 Å². The number of anilines is 1. The van der Waals surface area contributed by atoms with Crippen LogP contribution in [0.4, 0.5) is 10.4 Å². The summed E-state index contributed by atoms with van der Waals surface area (Å²) in [6.07, 6.45) is 3.98. The summed E-state index contributed by atoms with van der Waals surface area (Å²) >= 11 is 0. The lowest BCUT2D eigenvalue weighted by Crippen LogP contribution is -2.48. The number of aliphatic hydroxyl groups is 1. The fourth-order valence-electron chi connectivity index (χ4n) is 6.76. The molecular formula is C37H31FN8O5. The van der Waals surface area contributed by atoms with Crippen molar-refractivity contribution in [2.24, 2.45) is 0 Å². The Kier molecular flexibility index (Phi) is 7.99. The smallest absolute Gasteiger partial charge is 0.292 e. The van der Waals surface area contributed by atoms with E-state index in [1.54, 1.807) is 45.7 Å². The molecule has 51 heavy (non-hydrogen) atoms. The lowest BCUT2D eigenvalue weighted by Gasteiger charge is -2.30. The van der Waals surface area contributed by atoms with E-state index in [2.05, 4.69) is 20.2 Å². The highest BCUT2D eigenvalue weighted by molar-refractivity contribution is 5.96. The van der Waals surface area contributed by atoms with Crippen LogP contribution in [0.2, 0.25) is 0 Å². The van der Waals surface area contributed by atoms with Crippen molar-refractivity contribution in [3.05, 3.63) is 124 Å². The molecule has 0 saturated carbocycles. The van der Waals surface area contributed by atoms with Gasteiger partial charge in [0.15, 0.2) is 5.58 Å². The molecule has 256 valence electrons. The Morgan fingerprint density at radius 1 is 1.00 bits per heavy atom. The molecule has 7 aromatic rings. The number of rotatable bonds is 6. The van der Waals surface area contributed by atoms with Crippen LogP contribution < -0.4 is 11.3 Å². The van der Waals surface area contributed by atoms with Gasteiger partial charge in [0.2, 0.25) is 0 Å². The number of H-pyrrole nitrogens is 1. The molecule has 1 aliphatic heterocycles. The predicted octanol–water partition coefficient (Wildman–Crippen LogP) is 4.04. The highest BCUT2D eigenvalue weighted by atomic mass is 19.1. The number of aliphatic hydroxyl groups excluding tert-OH is 1. The Morgan fingerprint density at radius 3 is 2.67 bits per heavy atom. The molecule has 0 aliphatic carbocycles. The summed E-state index contributed by atoms with van der Waals surface area (Å²) in [6, 6.07) is 19.8. The number of nitrogen functional groups attached to an aromatic ring is 1. The van der Waals surface area contributed by atoms with Crippen molar-refractivity contribution in [2.45, 2.75) is 18.9 Å². The Labute approximate surface area is 288 Å². The second kappa shape index (κ2) is 12.8. The zero-order valence-corrected chi connectivity index (χ0v) is 27.1. The standard InChI is InChI=1S/C37H31FN8O5/c38-28-9-6-21(15-29-25-4-1-2-5-26(25)34(48)43-42-29)14-27(28)35(49)45-13-3-12-44(19-24(45)20-47)36(50)31-17-40-33-11-8-23(18-46(31)33)22-7-10-32-30(16-22)41-37(39)51-32/h1-2,4-11,14,16-18,24,47H,3,12-13,15,19-20H2,(H2,39,41)(H,43,48). The number of hydrogen-bond donors (Lipinski definition) is 3. The summed E-state index contributed by atoms with van der Waals surface area (Å²) in [6.45, 7) is 0.114. The quantitative estimate of drug-likeness (QED) is 0.233. The van der Waals surface area contributed by atoms with Crippen molar-refractivity contribution in [1.29, 1.82) is 0 Å². The first-order valence-corrected chi connectivity index (χ1v) is 16.4. The third-order valence-corrected chi connectivity index (χ3v) is 9.33. The molecule has 8 rings (SSSR count). The maximum atomic E-state index is 15.3. The second-order valence-corrected chi connectivity index (χ2v) is 12.5. The number of nitrogens with zero attached hydrogens (tertiary/aromatic N) is 6. The van der Waals surface area contributed by atoms with Gasteiger partial charge >= 0.3 is 0 Å². The molecule has 0 bridgehead atoms. The van der Waals surface area contributed by atoms with Crippen molar-refractivity contribution in [1.82, 2.24) is 34.4 Å². The minimum absolute atomic E-state index is 0.0346. The fraction of sp³-hybridized carbons (Fsp3) is 0.189.